The highest BCUT2D eigenvalue weighted by Gasteiger charge is 2.29. The van der Waals surface area contributed by atoms with Crippen LogP contribution >= 0.6 is 0 Å². The van der Waals surface area contributed by atoms with E-state index in [9.17, 15) is 9.59 Å². The third-order valence-electron chi connectivity index (χ3n) is 3.40. The van der Waals surface area contributed by atoms with E-state index in [4.69, 9.17) is 4.74 Å². The molecular weight excluding hydrogens is 256 g/mol. The van der Waals surface area contributed by atoms with Crippen molar-refractivity contribution >= 4 is 11.8 Å². The maximum atomic E-state index is 12.5. The van der Waals surface area contributed by atoms with Crippen molar-refractivity contribution in [3.05, 3.63) is 35.9 Å². The zero-order valence-electron chi connectivity index (χ0n) is 11.7. The fourth-order valence-electron chi connectivity index (χ4n) is 2.31. The highest BCUT2D eigenvalue weighted by atomic mass is 16.5. The van der Waals surface area contributed by atoms with Crippen LogP contribution in [-0.4, -0.2) is 49.6 Å². The van der Waals surface area contributed by atoms with Gasteiger partial charge in [0.25, 0.3) is 0 Å². The zero-order valence-corrected chi connectivity index (χ0v) is 11.7. The van der Waals surface area contributed by atoms with E-state index in [-0.39, 0.29) is 11.8 Å². The van der Waals surface area contributed by atoms with Crippen molar-refractivity contribution < 1.29 is 14.3 Å². The second-order valence-corrected chi connectivity index (χ2v) is 4.88. The minimum Gasteiger partial charge on any atom is -0.383 e. The summed E-state index contributed by atoms with van der Waals surface area (Å²) in [6, 6.07) is 9.24. The molecule has 0 bridgehead atoms. The third kappa shape index (κ3) is 3.81. The van der Waals surface area contributed by atoms with Crippen molar-refractivity contribution in [3.63, 3.8) is 0 Å². The molecular formula is C15H20N2O3. The number of benzene rings is 1. The Labute approximate surface area is 118 Å². The van der Waals surface area contributed by atoms with Gasteiger partial charge in [-0.25, -0.2) is 0 Å². The molecule has 1 saturated heterocycles. The second kappa shape index (κ2) is 7.05. The predicted octanol–water partition coefficient (Wildman–Crippen LogP) is 0.593. The van der Waals surface area contributed by atoms with Crippen LogP contribution in [0.25, 0.3) is 0 Å². The van der Waals surface area contributed by atoms with E-state index in [0.29, 0.717) is 32.5 Å². The van der Waals surface area contributed by atoms with Crippen LogP contribution < -0.4 is 5.32 Å². The number of amides is 2. The molecule has 5 heteroatoms. The van der Waals surface area contributed by atoms with Crippen molar-refractivity contribution in [1.29, 1.82) is 0 Å². The van der Waals surface area contributed by atoms with Gasteiger partial charge >= 0.3 is 0 Å². The van der Waals surface area contributed by atoms with Crippen molar-refractivity contribution in [2.75, 3.05) is 26.8 Å². The maximum Gasteiger partial charge on any atom is 0.245 e. The summed E-state index contributed by atoms with van der Waals surface area (Å²) >= 11 is 0. The van der Waals surface area contributed by atoms with Crippen LogP contribution in [0.2, 0.25) is 0 Å². The van der Waals surface area contributed by atoms with Gasteiger partial charge in [-0.2, -0.15) is 0 Å². The molecule has 2 amide bonds. The number of methoxy groups -OCH3 is 1. The molecule has 1 fully saturated rings. The molecule has 0 saturated carbocycles. The average molecular weight is 276 g/mol. The Balaban J connectivity index is 2.08. The lowest BCUT2D eigenvalue weighted by Crippen LogP contribution is -2.46. The maximum absolute atomic E-state index is 12.5. The number of nitrogens with one attached hydrogen (secondary N) is 1. The van der Waals surface area contributed by atoms with Gasteiger partial charge in [0, 0.05) is 33.0 Å². The molecule has 1 aliphatic heterocycles. The number of rotatable bonds is 5. The number of ether oxygens (including phenoxy) is 1. The van der Waals surface area contributed by atoms with E-state index in [0.717, 1.165) is 5.56 Å². The van der Waals surface area contributed by atoms with Gasteiger partial charge < -0.3 is 15.0 Å². The Morgan fingerprint density at radius 3 is 2.75 bits per heavy atom. The number of carbonyl (C=O) groups is 2. The lowest BCUT2D eigenvalue weighted by Gasteiger charge is -2.23. The molecule has 1 N–H and O–H groups in total. The summed E-state index contributed by atoms with van der Waals surface area (Å²) in [6.07, 6.45) is 0.871. The second-order valence-electron chi connectivity index (χ2n) is 4.88. The Bertz CT molecular complexity index is 461. The highest BCUT2D eigenvalue weighted by Crippen LogP contribution is 2.09. The quantitative estimate of drug-likeness (QED) is 0.856. The van der Waals surface area contributed by atoms with Gasteiger partial charge in [0.2, 0.25) is 11.8 Å². The highest BCUT2D eigenvalue weighted by molar-refractivity contribution is 5.90. The monoisotopic (exact) mass is 276 g/mol. The molecule has 0 radical (unpaired) electrons. The molecule has 5 nitrogen and oxygen atoms in total. The number of hydrogen-bond donors (Lipinski definition) is 1. The van der Waals surface area contributed by atoms with Gasteiger partial charge in [0.05, 0.1) is 6.61 Å². The molecule has 1 aliphatic rings. The lowest BCUT2D eigenvalue weighted by molar-refractivity contribution is -0.134. The molecule has 20 heavy (non-hydrogen) atoms. The first-order valence-corrected chi connectivity index (χ1v) is 6.81. The van der Waals surface area contributed by atoms with Crippen molar-refractivity contribution in [1.82, 2.24) is 10.2 Å². The smallest absolute Gasteiger partial charge is 0.245 e. The van der Waals surface area contributed by atoms with Crippen molar-refractivity contribution in [2.24, 2.45) is 0 Å². The Morgan fingerprint density at radius 2 is 2.05 bits per heavy atom. The van der Waals surface area contributed by atoms with Gasteiger partial charge in [0.1, 0.15) is 6.04 Å². The molecule has 0 unspecified atom stereocenters. The lowest BCUT2D eigenvalue weighted by atomic mass is 10.1. The number of carbonyl (C=O) groups excluding carboxylic acids is 2. The van der Waals surface area contributed by atoms with E-state index < -0.39 is 6.04 Å². The van der Waals surface area contributed by atoms with E-state index in [1.165, 1.54) is 0 Å². The first kappa shape index (κ1) is 14.5. The molecule has 0 spiro atoms. The van der Waals surface area contributed by atoms with Crippen molar-refractivity contribution in [2.45, 2.75) is 18.9 Å². The molecule has 0 aliphatic carbocycles. The van der Waals surface area contributed by atoms with Gasteiger partial charge in [0.15, 0.2) is 0 Å². The summed E-state index contributed by atoms with van der Waals surface area (Å²) in [5, 5.41) is 2.81. The molecule has 0 aromatic heterocycles. The molecule has 1 heterocycles. The topological polar surface area (TPSA) is 58.6 Å². The van der Waals surface area contributed by atoms with E-state index in [2.05, 4.69) is 5.32 Å². The average Bonchev–Trinajstić information content (AvgIpc) is 2.59. The minimum absolute atomic E-state index is 0.0308. The first-order valence-electron chi connectivity index (χ1n) is 6.81. The minimum atomic E-state index is -0.482. The SMILES string of the molecule is COCCN1CCC(=O)N[C@@H](Cc2ccccc2)C1=O. The number of hydrogen-bond acceptors (Lipinski definition) is 3. The van der Waals surface area contributed by atoms with Crippen LogP contribution in [-0.2, 0) is 20.7 Å². The summed E-state index contributed by atoms with van der Waals surface area (Å²) < 4.78 is 5.01. The van der Waals surface area contributed by atoms with Crippen LogP contribution in [0.15, 0.2) is 30.3 Å². The van der Waals surface area contributed by atoms with Crippen LogP contribution in [0, 0.1) is 0 Å². The summed E-state index contributed by atoms with van der Waals surface area (Å²) in [7, 11) is 1.60. The van der Waals surface area contributed by atoms with E-state index >= 15 is 0 Å². The van der Waals surface area contributed by atoms with Gasteiger partial charge in [-0.05, 0) is 5.56 Å². The van der Waals surface area contributed by atoms with Crippen molar-refractivity contribution in [3.8, 4) is 0 Å². The van der Waals surface area contributed by atoms with Crippen LogP contribution in [0.1, 0.15) is 12.0 Å². The Hall–Kier alpha value is -1.88. The van der Waals surface area contributed by atoms with E-state index in [1.54, 1.807) is 12.0 Å². The van der Waals surface area contributed by atoms with Gasteiger partial charge in [-0.15, -0.1) is 0 Å². The molecule has 1 atom stereocenters. The van der Waals surface area contributed by atoms with Gasteiger partial charge in [-0.1, -0.05) is 30.3 Å². The normalized spacial score (nSPS) is 19.6. The van der Waals surface area contributed by atoms with E-state index in [1.807, 2.05) is 30.3 Å². The number of nitrogens with zero attached hydrogens (tertiary/aromatic N) is 1. The van der Waals surface area contributed by atoms with Crippen LogP contribution in [0.3, 0.4) is 0 Å². The standard InChI is InChI=1S/C15H20N2O3/c1-20-10-9-17-8-7-14(18)16-13(15(17)19)11-12-5-3-2-4-6-12/h2-6,13H,7-11H2,1H3,(H,16,18)/t13-/m0/s1. The Morgan fingerprint density at radius 1 is 1.30 bits per heavy atom. The fraction of sp³-hybridized carbons (Fsp3) is 0.467. The molecule has 1 aromatic carbocycles. The predicted molar refractivity (Wildman–Crippen MR) is 75.1 cm³/mol. The first-order chi connectivity index (χ1) is 9.70. The largest absolute Gasteiger partial charge is 0.383 e. The van der Waals surface area contributed by atoms with Crippen LogP contribution in [0.5, 0.6) is 0 Å². The molecule has 1 aromatic rings. The third-order valence-corrected chi connectivity index (χ3v) is 3.40. The summed E-state index contributed by atoms with van der Waals surface area (Å²) in [6.45, 7) is 1.47. The summed E-state index contributed by atoms with van der Waals surface area (Å²) in [4.78, 5) is 25.9. The van der Waals surface area contributed by atoms with Crippen LogP contribution in [0.4, 0.5) is 0 Å². The summed E-state index contributed by atoms with van der Waals surface area (Å²) in [5.74, 6) is -0.101. The molecule has 108 valence electrons. The van der Waals surface area contributed by atoms with Gasteiger partial charge in [-0.3, -0.25) is 9.59 Å². The molecule has 2 rings (SSSR count). The Kier molecular flexibility index (Phi) is 5.12. The fourth-order valence-corrected chi connectivity index (χ4v) is 2.31. The summed E-state index contributed by atoms with van der Waals surface area (Å²) in [5.41, 5.74) is 1.04. The zero-order chi connectivity index (χ0) is 14.4.